The van der Waals surface area contributed by atoms with E-state index in [0.29, 0.717) is 0 Å². The summed E-state index contributed by atoms with van der Waals surface area (Å²) in [4.78, 5) is 0.899. The van der Waals surface area contributed by atoms with Crippen LogP contribution in [-0.2, 0) is 19.9 Å². The van der Waals surface area contributed by atoms with Crippen LogP contribution < -0.4 is 10.3 Å². The zero-order chi connectivity index (χ0) is 22.8. The average molecular weight is 467 g/mol. The zero-order valence-electron chi connectivity index (χ0n) is 16.6. The lowest BCUT2D eigenvalue weighted by atomic mass is 10.0. The van der Waals surface area contributed by atoms with Crippen molar-refractivity contribution in [3.63, 3.8) is 0 Å². The van der Waals surface area contributed by atoms with Gasteiger partial charge in [0.15, 0.2) is 4.90 Å². The molecule has 3 aromatic rings. The molecule has 0 radical (unpaired) electrons. The first-order valence-corrected chi connectivity index (χ1v) is 12.2. The highest BCUT2D eigenvalue weighted by Crippen LogP contribution is 2.24. The van der Waals surface area contributed by atoms with Crippen LogP contribution in [0.15, 0.2) is 81.4 Å². The fourth-order valence-corrected chi connectivity index (χ4v) is 5.07. The molecule has 0 saturated carbocycles. The third kappa shape index (κ3) is 4.92. The number of anilines is 1. The molecule has 0 heterocycles. The van der Waals surface area contributed by atoms with Gasteiger partial charge >= 0.3 is 0 Å². The molecule has 6 nitrogen and oxygen atoms in total. The first-order valence-electron chi connectivity index (χ1n) is 9.19. The third-order valence-electron chi connectivity index (χ3n) is 4.54. The van der Waals surface area contributed by atoms with E-state index in [1.807, 2.05) is 18.7 Å². The highest BCUT2D eigenvalue weighted by atomic mass is 32.2. The van der Waals surface area contributed by atoms with Crippen LogP contribution in [0.25, 0.3) is 0 Å². The third-order valence-corrected chi connectivity index (χ3v) is 7.62. The molecule has 0 bridgehead atoms. The first kappa shape index (κ1) is 22.9. The Kier molecular flexibility index (Phi) is 6.44. The van der Waals surface area contributed by atoms with Crippen molar-refractivity contribution in [2.45, 2.75) is 34.5 Å². The monoisotopic (exact) mass is 466 g/mol. The molecule has 31 heavy (non-hydrogen) atoms. The van der Waals surface area contributed by atoms with Gasteiger partial charge in [-0.3, -0.25) is 0 Å². The van der Waals surface area contributed by atoms with E-state index in [-0.39, 0.29) is 21.4 Å². The highest BCUT2D eigenvalue weighted by molar-refractivity contribution is 7.91. The van der Waals surface area contributed by atoms with E-state index in [9.17, 15) is 25.6 Å². The molecule has 0 fully saturated rings. The molecular formula is C21H20F2N2O4S2. The molecule has 0 aliphatic carbocycles. The van der Waals surface area contributed by atoms with Gasteiger partial charge in [0.2, 0.25) is 9.84 Å². The molecule has 3 rings (SSSR count). The van der Waals surface area contributed by atoms with Gasteiger partial charge in [-0.05, 0) is 60.0 Å². The Hall–Kier alpha value is -2.82. The zero-order valence-corrected chi connectivity index (χ0v) is 18.3. The van der Waals surface area contributed by atoms with Gasteiger partial charge in [-0.2, -0.15) is 0 Å². The Bertz CT molecular complexity index is 1270. The summed E-state index contributed by atoms with van der Waals surface area (Å²) < 4.78 is 77.4. The van der Waals surface area contributed by atoms with Gasteiger partial charge in [0, 0.05) is 5.69 Å². The van der Waals surface area contributed by atoms with Gasteiger partial charge in [0.1, 0.15) is 11.6 Å². The lowest BCUT2D eigenvalue weighted by Crippen LogP contribution is -2.31. The summed E-state index contributed by atoms with van der Waals surface area (Å²) in [6.45, 7) is 4.01. The van der Waals surface area contributed by atoms with Gasteiger partial charge in [0.25, 0.3) is 10.0 Å². The van der Waals surface area contributed by atoms with Crippen LogP contribution >= 0.6 is 0 Å². The summed E-state index contributed by atoms with van der Waals surface area (Å²) in [5.74, 6) is -2.21. The van der Waals surface area contributed by atoms with E-state index in [4.69, 9.17) is 0 Å². The van der Waals surface area contributed by atoms with Gasteiger partial charge in [0.05, 0.1) is 9.79 Å². The summed E-state index contributed by atoms with van der Waals surface area (Å²) in [6.07, 6.45) is 0. The minimum absolute atomic E-state index is 0.0124. The highest BCUT2D eigenvalue weighted by Gasteiger charge is 2.24. The van der Waals surface area contributed by atoms with E-state index in [0.717, 1.165) is 23.8 Å². The van der Waals surface area contributed by atoms with Crippen molar-refractivity contribution in [2.75, 3.05) is 5.43 Å². The maximum atomic E-state index is 13.7. The number of halogens is 2. The summed E-state index contributed by atoms with van der Waals surface area (Å²) >= 11 is 0. The number of hydrogen-bond donors (Lipinski definition) is 2. The summed E-state index contributed by atoms with van der Waals surface area (Å²) in [7, 11) is -8.30. The fourth-order valence-electron chi connectivity index (χ4n) is 2.80. The normalized spacial score (nSPS) is 12.2. The Labute approximate surface area is 179 Å². The SMILES string of the molecule is CC(C)c1ccc(S(=O)(=O)c2ccc(NNS(=O)(=O)c3c(F)cccc3F)cc2)cc1. The number of rotatable bonds is 7. The van der Waals surface area contributed by atoms with Crippen LogP contribution in [0.1, 0.15) is 25.3 Å². The largest absolute Gasteiger partial charge is 0.308 e. The summed E-state index contributed by atoms with van der Waals surface area (Å²) in [6, 6.07) is 14.5. The topological polar surface area (TPSA) is 92.3 Å². The fraction of sp³-hybridized carbons (Fsp3) is 0.143. The molecule has 0 saturated heterocycles. The standard InChI is InChI=1S/C21H20F2N2O4S2/c1-14(2)15-6-10-17(11-7-15)30(26,27)18-12-8-16(9-13-18)24-25-31(28,29)21-19(22)4-3-5-20(21)23/h3-14,24-25H,1-2H3. The number of nitrogens with one attached hydrogen (secondary N) is 2. The Morgan fingerprint density at radius 1 is 0.742 bits per heavy atom. The Balaban J connectivity index is 1.77. The lowest BCUT2D eigenvalue weighted by molar-refractivity contribution is 0.516. The predicted molar refractivity (Wildman–Crippen MR) is 113 cm³/mol. The van der Waals surface area contributed by atoms with Crippen molar-refractivity contribution in [1.82, 2.24) is 4.83 Å². The van der Waals surface area contributed by atoms with Crippen molar-refractivity contribution in [3.8, 4) is 0 Å². The number of hydrogen-bond acceptors (Lipinski definition) is 5. The molecule has 0 unspecified atom stereocenters. The van der Waals surface area contributed by atoms with Gasteiger partial charge in [-0.25, -0.2) is 25.6 Å². The van der Waals surface area contributed by atoms with Crippen LogP contribution in [0.3, 0.4) is 0 Å². The second-order valence-corrected chi connectivity index (χ2v) is 10.6. The minimum Gasteiger partial charge on any atom is -0.308 e. The molecule has 0 atom stereocenters. The minimum atomic E-state index is -4.54. The molecule has 0 spiro atoms. The van der Waals surface area contributed by atoms with Gasteiger partial charge in [-0.1, -0.05) is 32.0 Å². The van der Waals surface area contributed by atoms with Crippen molar-refractivity contribution in [1.29, 1.82) is 0 Å². The van der Waals surface area contributed by atoms with E-state index in [1.54, 1.807) is 12.1 Å². The van der Waals surface area contributed by atoms with E-state index in [2.05, 4.69) is 5.43 Å². The smallest absolute Gasteiger partial charge is 0.263 e. The van der Waals surface area contributed by atoms with Crippen LogP contribution in [0.5, 0.6) is 0 Å². The number of benzene rings is 3. The van der Waals surface area contributed by atoms with Gasteiger partial charge < -0.3 is 5.43 Å². The molecule has 10 heteroatoms. The van der Waals surface area contributed by atoms with Crippen molar-refractivity contribution < 1.29 is 25.6 Å². The second kappa shape index (κ2) is 8.74. The van der Waals surface area contributed by atoms with Crippen LogP contribution in [0.4, 0.5) is 14.5 Å². The summed E-state index contributed by atoms with van der Waals surface area (Å²) in [5.41, 5.74) is 3.50. The molecule has 3 aromatic carbocycles. The first-order chi connectivity index (χ1) is 14.5. The van der Waals surface area contributed by atoms with Crippen LogP contribution in [0, 0.1) is 11.6 Å². The summed E-state index contributed by atoms with van der Waals surface area (Å²) in [5, 5.41) is 0. The lowest BCUT2D eigenvalue weighted by Gasteiger charge is -2.12. The number of sulfone groups is 1. The molecule has 2 N–H and O–H groups in total. The molecule has 164 valence electrons. The van der Waals surface area contributed by atoms with E-state index < -0.39 is 36.4 Å². The molecular weight excluding hydrogens is 446 g/mol. The maximum absolute atomic E-state index is 13.7. The second-order valence-electron chi connectivity index (χ2n) is 7.03. The van der Waals surface area contributed by atoms with Crippen molar-refractivity contribution in [3.05, 3.63) is 83.9 Å². The van der Waals surface area contributed by atoms with Crippen LogP contribution in [0.2, 0.25) is 0 Å². The quantitative estimate of drug-likeness (QED) is 0.509. The molecule has 0 amide bonds. The Morgan fingerprint density at radius 3 is 1.71 bits per heavy atom. The Morgan fingerprint density at radius 2 is 1.23 bits per heavy atom. The number of sulfonamides is 1. The van der Waals surface area contributed by atoms with Crippen LogP contribution in [-0.4, -0.2) is 16.8 Å². The average Bonchev–Trinajstić information content (AvgIpc) is 2.72. The molecule has 0 aliphatic heterocycles. The molecule has 0 aliphatic rings. The number of hydrazine groups is 1. The molecule has 0 aromatic heterocycles. The van der Waals surface area contributed by atoms with E-state index in [1.165, 1.54) is 36.4 Å². The van der Waals surface area contributed by atoms with Gasteiger partial charge in [-0.15, -0.1) is 4.83 Å². The predicted octanol–water partition coefficient (Wildman–Crippen LogP) is 4.23. The van der Waals surface area contributed by atoms with Crippen molar-refractivity contribution in [2.24, 2.45) is 0 Å². The maximum Gasteiger partial charge on any atom is 0.263 e. The van der Waals surface area contributed by atoms with Crippen molar-refractivity contribution >= 4 is 25.5 Å². The van der Waals surface area contributed by atoms with E-state index >= 15 is 0 Å².